The van der Waals surface area contributed by atoms with Crippen molar-refractivity contribution in [2.45, 2.75) is 13.0 Å². The van der Waals surface area contributed by atoms with E-state index in [4.69, 9.17) is 16.1 Å². The van der Waals surface area contributed by atoms with Crippen LogP contribution in [-0.4, -0.2) is 41.2 Å². The molecule has 1 aliphatic rings. The van der Waals surface area contributed by atoms with E-state index in [1.165, 1.54) is 0 Å². The molecule has 1 atom stereocenters. The predicted octanol–water partition coefficient (Wildman–Crippen LogP) is 3.12. The molecule has 1 aromatic carbocycles. The molecule has 3 rings (SSSR count). The monoisotopic (exact) mass is 370 g/mol. The van der Waals surface area contributed by atoms with Gasteiger partial charge in [-0.15, -0.1) is 0 Å². The molecule has 1 aliphatic heterocycles. The Labute approximate surface area is 136 Å². The first-order valence-electron chi connectivity index (χ1n) is 6.89. The van der Waals surface area contributed by atoms with Crippen molar-refractivity contribution in [2.24, 2.45) is 0 Å². The minimum atomic E-state index is 0.153. The van der Waals surface area contributed by atoms with Gasteiger partial charge in [0.25, 0.3) is 5.89 Å². The number of nitrogens with zero attached hydrogens (tertiary/aromatic N) is 3. The summed E-state index contributed by atoms with van der Waals surface area (Å²) in [5.74, 6) is 1.24. The van der Waals surface area contributed by atoms with Crippen LogP contribution in [-0.2, 0) is 0 Å². The van der Waals surface area contributed by atoms with Gasteiger partial charge in [0.2, 0.25) is 0 Å². The smallest absolute Gasteiger partial charge is 0.258 e. The van der Waals surface area contributed by atoms with Crippen molar-refractivity contribution in [1.29, 1.82) is 0 Å². The topological polar surface area (TPSA) is 54.2 Å². The quantitative estimate of drug-likeness (QED) is 0.898. The first-order valence-corrected chi connectivity index (χ1v) is 8.06. The summed E-state index contributed by atoms with van der Waals surface area (Å²) in [6.07, 6.45) is 0. The average molecular weight is 372 g/mol. The highest BCUT2D eigenvalue weighted by Gasteiger charge is 2.22. The maximum absolute atomic E-state index is 6.00. The SMILES string of the molecule is CC(c1noc(-c2ccc(Cl)c(Br)c2)n1)N1CCNCC1. The lowest BCUT2D eigenvalue weighted by Gasteiger charge is -2.30. The normalized spacial score (nSPS) is 17.9. The van der Waals surface area contributed by atoms with Crippen LogP contribution in [0.5, 0.6) is 0 Å². The van der Waals surface area contributed by atoms with Crippen LogP contribution >= 0.6 is 27.5 Å². The number of benzene rings is 1. The summed E-state index contributed by atoms with van der Waals surface area (Å²) in [5.41, 5.74) is 0.859. The van der Waals surface area contributed by atoms with Crippen LogP contribution in [0.1, 0.15) is 18.8 Å². The van der Waals surface area contributed by atoms with Crippen LogP contribution in [0.3, 0.4) is 0 Å². The van der Waals surface area contributed by atoms with Crippen LogP contribution in [0.2, 0.25) is 5.02 Å². The second kappa shape index (κ2) is 6.44. The van der Waals surface area contributed by atoms with Crippen molar-refractivity contribution in [3.8, 4) is 11.5 Å². The lowest BCUT2D eigenvalue weighted by molar-refractivity contribution is 0.176. The standard InChI is InChI=1S/C14H16BrClN4O/c1-9(20-6-4-17-5-7-20)13-18-14(21-19-13)10-2-3-12(16)11(15)8-10/h2-3,8-9,17H,4-7H2,1H3. The Hall–Kier alpha value is -0.950. The van der Waals surface area contributed by atoms with Gasteiger partial charge in [-0.05, 0) is 41.1 Å². The molecule has 1 saturated heterocycles. The van der Waals surface area contributed by atoms with Crippen LogP contribution in [0.25, 0.3) is 11.5 Å². The molecule has 0 radical (unpaired) electrons. The molecule has 7 heteroatoms. The van der Waals surface area contributed by atoms with Crippen molar-refractivity contribution < 1.29 is 4.52 Å². The van der Waals surface area contributed by atoms with Gasteiger partial charge in [-0.2, -0.15) is 4.98 Å². The lowest BCUT2D eigenvalue weighted by atomic mass is 10.2. The number of halogens is 2. The zero-order valence-electron chi connectivity index (χ0n) is 11.6. The number of rotatable bonds is 3. The summed E-state index contributed by atoms with van der Waals surface area (Å²) in [6, 6.07) is 5.72. The molecule has 0 aliphatic carbocycles. The highest BCUT2D eigenvalue weighted by molar-refractivity contribution is 9.10. The zero-order valence-corrected chi connectivity index (χ0v) is 14.0. The summed E-state index contributed by atoms with van der Waals surface area (Å²) in [4.78, 5) is 6.87. The Morgan fingerprint density at radius 2 is 2.14 bits per heavy atom. The van der Waals surface area contributed by atoms with Crippen molar-refractivity contribution in [2.75, 3.05) is 26.2 Å². The lowest BCUT2D eigenvalue weighted by Crippen LogP contribution is -2.44. The molecule has 0 bridgehead atoms. The molecule has 21 heavy (non-hydrogen) atoms. The molecule has 5 nitrogen and oxygen atoms in total. The second-order valence-corrected chi connectivity index (χ2v) is 6.31. The van der Waals surface area contributed by atoms with Crippen molar-refractivity contribution in [1.82, 2.24) is 20.4 Å². The molecule has 1 aromatic heterocycles. The molecule has 0 saturated carbocycles. The van der Waals surface area contributed by atoms with E-state index in [-0.39, 0.29) is 6.04 Å². The third-order valence-corrected chi connectivity index (χ3v) is 4.90. The fourth-order valence-corrected chi connectivity index (χ4v) is 2.88. The number of nitrogens with one attached hydrogen (secondary N) is 1. The first-order chi connectivity index (χ1) is 10.1. The molecular weight excluding hydrogens is 356 g/mol. The third kappa shape index (κ3) is 3.29. The van der Waals surface area contributed by atoms with Gasteiger partial charge < -0.3 is 9.84 Å². The fourth-order valence-electron chi connectivity index (χ4n) is 2.38. The summed E-state index contributed by atoms with van der Waals surface area (Å²) in [6.45, 7) is 6.10. The van der Waals surface area contributed by atoms with Gasteiger partial charge >= 0.3 is 0 Å². The van der Waals surface area contributed by atoms with Crippen molar-refractivity contribution in [3.05, 3.63) is 33.5 Å². The molecular formula is C14H16BrClN4O. The molecule has 2 aromatic rings. The highest BCUT2D eigenvalue weighted by Crippen LogP contribution is 2.29. The van der Waals surface area contributed by atoms with E-state index in [0.717, 1.165) is 42.0 Å². The van der Waals surface area contributed by atoms with E-state index in [9.17, 15) is 0 Å². The van der Waals surface area contributed by atoms with Crippen molar-refractivity contribution >= 4 is 27.5 Å². The summed E-state index contributed by atoms with van der Waals surface area (Å²) < 4.78 is 6.21. The number of piperazine rings is 1. The van der Waals surface area contributed by atoms with Gasteiger partial charge in [0.05, 0.1) is 11.1 Å². The largest absolute Gasteiger partial charge is 0.334 e. The predicted molar refractivity (Wildman–Crippen MR) is 85.3 cm³/mol. The number of hydrogen-bond acceptors (Lipinski definition) is 5. The number of hydrogen-bond donors (Lipinski definition) is 1. The minimum Gasteiger partial charge on any atom is -0.334 e. The zero-order chi connectivity index (χ0) is 14.8. The van der Waals surface area contributed by atoms with E-state index in [1.54, 1.807) is 0 Å². The van der Waals surface area contributed by atoms with Crippen LogP contribution in [0, 0.1) is 0 Å². The van der Waals surface area contributed by atoms with E-state index in [0.29, 0.717) is 10.9 Å². The van der Waals surface area contributed by atoms with Crippen LogP contribution < -0.4 is 5.32 Å². The Balaban J connectivity index is 1.80. The van der Waals surface area contributed by atoms with Gasteiger partial charge in [0, 0.05) is 36.2 Å². The van der Waals surface area contributed by atoms with Crippen LogP contribution in [0.4, 0.5) is 0 Å². The molecule has 0 amide bonds. The Morgan fingerprint density at radius 1 is 1.38 bits per heavy atom. The van der Waals surface area contributed by atoms with Gasteiger partial charge in [-0.3, -0.25) is 4.90 Å². The Morgan fingerprint density at radius 3 is 2.86 bits per heavy atom. The third-order valence-electron chi connectivity index (χ3n) is 3.68. The minimum absolute atomic E-state index is 0.153. The van der Waals surface area contributed by atoms with E-state index < -0.39 is 0 Å². The first kappa shape index (κ1) is 15.0. The van der Waals surface area contributed by atoms with E-state index in [2.05, 4.69) is 43.2 Å². The van der Waals surface area contributed by atoms with Crippen LogP contribution in [0.15, 0.2) is 27.2 Å². The fraction of sp³-hybridized carbons (Fsp3) is 0.429. The Kier molecular flexibility index (Phi) is 4.59. The van der Waals surface area contributed by atoms with Gasteiger partial charge in [-0.1, -0.05) is 16.8 Å². The summed E-state index contributed by atoms with van der Waals surface area (Å²) >= 11 is 9.40. The summed E-state index contributed by atoms with van der Waals surface area (Å²) in [7, 11) is 0. The summed E-state index contributed by atoms with van der Waals surface area (Å²) in [5, 5.41) is 8.12. The molecule has 1 unspecified atom stereocenters. The number of aromatic nitrogens is 2. The maximum Gasteiger partial charge on any atom is 0.258 e. The maximum atomic E-state index is 6.00. The second-order valence-electron chi connectivity index (χ2n) is 5.05. The van der Waals surface area contributed by atoms with Gasteiger partial charge in [0.15, 0.2) is 5.82 Å². The molecule has 0 spiro atoms. The Bertz CT molecular complexity index is 627. The molecule has 1 fully saturated rings. The van der Waals surface area contributed by atoms with Gasteiger partial charge in [0.1, 0.15) is 0 Å². The van der Waals surface area contributed by atoms with E-state index >= 15 is 0 Å². The molecule has 2 heterocycles. The van der Waals surface area contributed by atoms with Crippen molar-refractivity contribution in [3.63, 3.8) is 0 Å². The van der Waals surface area contributed by atoms with Gasteiger partial charge in [-0.25, -0.2) is 0 Å². The highest BCUT2D eigenvalue weighted by atomic mass is 79.9. The van der Waals surface area contributed by atoms with E-state index in [1.807, 2.05) is 18.2 Å². The molecule has 112 valence electrons. The average Bonchev–Trinajstić information content (AvgIpc) is 3.00. The molecule has 1 N–H and O–H groups in total.